The maximum atomic E-state index is 6.02. The van der Waals surface area contributed by atoms with E-state index in [1.807, 2.05) is 37.3 Å². The highest BCUT2D eigenvalue weighted by atomic mass is 16.5. The molecule has 4 aromatic rings. The van der Waals surface area contributed by atoms with Gasteiger partial charge in [0.15, 0.2) is 0 Å². The van der Waals surface area contributed by atoms with Crippen LogP contribution in [0.2, 0.25) is 0 Å². The molecule has 1 aromatic carbocycles. The molecule has 0 saturated carbocycles. The lowest BCUT2D eigenvalue weighted by Gasteiger charge is -2.33. The second kappa shape index (κ2) is 6.76. The number of benzene rings is 1. The van der Waals surface area contributed by atoms with Gasteiger partial charge >= 0.3 is 0 Å². The van der Waals surface area contributed by atoms with Gasteiger partial charge in [-0.2, -0.15) is 0 Å². The van der Waals surface area contributed by atoms with E-state index in [0.29, 0.717) is 30.1 Å². The average molecular weight is 375 g/mol. The number of hydrogen-bond donors (Lipinski definition) is 0. The van der Waals surface area contributed by atoms with Crippen molar-refractivity contribution in [1.29, 1.82) is 0 Å². The Morgan fingerprint density at radius 3 is 2.79 bits per heavy atom. The molecule has 7 heteroatoms. The summed E-state index contributed by atoms with van der Waals surface area (Å²) in [4.78, 5) is 2.35. The number of fused-ring (bicyclic) bond motifs is 1. The van der Waals surface area contributed by atoms with Crippen LogP contribution >= 0.6 is 0 Å². The zero-order chi connectivity index (χ0) is 19.1. The third-order valence-corrected chi connectivity index (χ3v) is 5.40. The predicted molar refractivity (Wildman–Crippen MR) is 103 cm³/mol. The van der Waals surface area contributed by atoms with Gasteiger partial charge in [-0.25, -0.2) is 0 Å². The first-order valence-corrected chi connectivity index (χ1v) is 9.44. The molecule has 0 fully saturated rings. The van der Waals surface area contributed by atoms with Crippen molar-refractivity contribution >= 4 is 0 Å². The zero-order valence-corrected chi connectivity index (χ0v) is 15.9. The van der Waals surface area contributed by atoms with Crippen molar-refractivity contribution < 1.29 is 8.94 Å². The number of nitrogens with zero attached hydrogens (tertiary/aromatic N) is 5. The summed E-state index contributed by atoms with van der Waals surface area (Å²) < 4.78 is 13.7. The molecule has 4 heterocycles. The lowest BCUT2D eigenvalue weighted by atomic mass is 10.1. The lowest BCUT2D eigenvalue weighted by Crippen LogP contribution is -2.35. The number of aromatic nitrogens is 4. The molecule has 7 nitrogen and oxygen atoms in total. The molecular weight excluding hydrogens is 354 g/mol. The Kier molecular flexibility index (Phi) is 4.09. The Morgan fingerprint density at radius 2 is 1.93 bits per heavy atom. The molecule has 0 aliphatic carbocycles. The van der Waals surface area contributed by atoms with Crippen molar-refractivity contribution in [2.24, 2.45) is 0 Å². The lowest BCUT2D eigenvalue weighted by molar-refractivity contribution is 0.147. The van der Waals surface area contributed by atoms with Crippen molar-refractivity contribution in [3.8, 4) is 22.7 Å². The van der Waals surface area contributed by atoms with Crippen LogP contribution in [0.25, 0.3) is 22.7 Å². The van der Waals surface area contributed by atoms with Crippen LogP contribution in [0.3, 0.4) is 0 Å². The van der Waals surface area contributed by atoms with Gasteiger partial charge in [0.1, 0.15) is 17.0 Å². The summed E-state index contributed by atoms with van der Waals surface area (Å²) in [6, 6.07) is 14.5. The Bertz CT molecular complexity index is 1100. The van der Waals surface area contributed by atoms with Crippen LogP contribution in [0.1, 0.15) is 30.3 Å². The third-order valence-electron chi connectivity index (χ3n) is 5.40. The monoisotopic (exact) mass is 375 g/mol. The van der Waals surface area contributed by atoms with E-state index in [-0.39, 0.29) is 0 Å². The van der Waals surface area contributed by atoms with Gasteiger partial charge in [0, 0.05) is 36.6 Å². The van der Waals surface area contributed by atoms with Crippen LogP contribution in [0, 0.1) is 6.92 Å². The topological polar surface area (TPSA) is 73.1 Å². The van der Waals surface area contributed by atoms with E-state index in [4.69, 9.17) is 8.94 Å². The molecule has 1 aliphatic heterocycles. The van der Waals surface area contributed by atoms with Crippen molar-refractivity contribution in [2.75, 3.05) is 6.54 Å². The second-order valence-corrected chi connectivity index (χ2v) is 7.10. The van der Waals surface area contributed by atoms with E-state index in [1.165, 1.54) is 5.69 Å². The van der Waals surface area contributed by atoms with Gasteiger partial charge in [0.2, 0.25) is 5.89 Å². The summed E-state index contributed by atoms with van der Waals surface area (Å²) in [5, 5.41) is 12.8. The van der Waals surface area contributed by atoms with Gasteiger partial charge < -0.3 is 13.5 Å². The first kappa shape index (κ1) is 16.9. The zero-order valence-electron chi connectivity index (χ0n) is 15.9. The number of hydrogen-bond acceptors (Lipinski definition) is 6. The molecule has 3 aromatic heterocycles. The predicted octanol–water partition coefficient (Wildman–Crippen LogP) is 4.08. The molecule has 0 saturated heterocycles. The van der Waals surface area contributed by atoms with E-state index >= 15 is 0 Å². The fourth-order valence-corrected chi connectivity index (χ4v) is 3.85. The molecule has 142 valence electrons. The summed E-state index contributed by atoms with van der Waals surface area (Å²) in [6.45, 7) is 6.60. The van der Waals surface area contributed by atoms with Crippen LogP contribution in [0.4, 0.5) is 0 Å². The Labute approximate surface area is 162 Å². The van der Waals surface area contributed by atoms with E-state index < -0.39 is 0 Å². The summed E-state index contributed by atoms with van der Waals surface area (Å²) in [7, 11) is 0. The van der Waals surface area contributed by atoms with Gasteiger partial charge in [-0.15, -0.1) is 10.2 Å². The minimum Gasteiger partial charge on any atom is -0.419 e. The largest absolute Gasteiger partial charge is 0.419 e. The summed E-state index contributed by atoms with van der Waals surface area (Å²) >= 11 is 0. The second-order valence-electron chi connectivity index (χ2n) is 7.10. The molecule has 5 rings (SSSR count). The molecule has 1 atom stereocenters. The van der Waals surface area contributed by atoms with E-state index in [9.17, 15) is 0 Å². The fourth-order valence-electron chi connectivity index (χ4n) is 3.85. The molecule has 0 amide bonds. The van der Waals surface area contributed by atoms with Gasteiger partial charge in [-0.3, -0.25) is 4.90 Å². The summed E-state index contributed by atoms with van der Waals surface area (Å²) in [6.07, 6.45) is 2.13. The highest BCUT2D eigenvalue weighted by Gasteiger charge is 2.26. The van der Waals surface area contributed by atoms with E-state index in [1.54, 1.807) is 0 Å². The first-order chi connectivity index (χ1) is 13.7. The SMILES string of the molecule is Cc1onc(-c2ccccc2)c1-c1nnc(CN2CCn3cccc3C2C)o1. The molecule has 0 bridgehead atoms. The van der Waals surface area contributed by atoms with Gasteiger partial charge in [-0.1, -0.05) is 35.5 Å². The highest BCUT2D eigenvalue weighted by Crippen LogP contribution is 2.34. The standard InChI is InChI=1S/C21H21N5O2/c1-14-17-9-6-10-25(17)11-12-26(14)13-18-22-23-21(27-18)19-15(2)28-24-20(19)16-7-4-3-5-8-16/h3-10,14H,11-13H2,1-2H3. The molecule has 1 unspecified atom stereocenters. The third kappa shape index (κ3) is 2.84. The highest BCUT2D eigenvalue weighted by molar-refractivity contribution is 5.77. The summed E-state index contributed by atoms with van der Waals surface area (Å²) in [5.74, 6) is 1.71. The van der Waals surface area contributed by atoms with Gasteiger partial charge in [0.25, 0.3) is 5.89 Å². The molecule has 28 heavy (non-hydrogen) atoms. The van der Waals surface area contributed by atoms with Crippen LogP contribution in [-0.4, -0.2) is 31.4 Å². The first-order valence-electron chi connectivity index (χ1n) is 9.44. The van der Waals surface area contributed by atoms with Gasteiger partial charge in [-0.05, 0) is 26.0 Å². The van der Waals surface area contributed by atoms with Crippen molar-refractivity contribution in [3.05, 3.63) is 66.0 Å². The fraction of sp³-hybridized carbons (Fsp3) is 0.286. The summed E-state index contributed by atoms with van der Waals surface area (Å²) in [5.41, 5.74) is 3.75. The van der Waals surface area contributed by atoms with E-state index in [2.05, 4.69) is 50.1 Å². The van der Waals surface area contributed by atoms with Crippen LogP contribution < -0.4 is 0 Å². The molecular formula is C21H21N5O2. The minimum absolute atomic E-state index is 0.302. The van der Waals surface area contributed by atoms with Crippen LogP contribution in [0.15, 0.2) is 57.6 Å². The maximum absolute atomic E-state index is 6.02. The number of rotatable bonds is 4. The Morgan fingerprint density at radius 1 is 1.07 bits per heavy atom. The van der Waals surface area contributed by atoms with Crippen molar-refractivity contribution in [1.82, 2.24) is 24.8 Å². The molecule has 0 N–H and O–H groups in total. The Balaban J connectivity index is 1.42. The average Bonchev–Trinajstić information content (AvgIpc) is 3.44. The number of aryl methyl sites for hydroxylation is 1. The van der Waals surface area contributed by atoms with E-state index in [0.717, 1.165) is 29.9 Å². The smallest absolute Gasteiger partial charge is 0.253 e. The normalized spacial score (nSPS) is 17.0. The maximum Gasteiger partial charge on any atom is 0.253 e. The Hall–Kier alpha value is -3.19. The quantitative estimate of drug-likeness (QED) is 0.535. The molecule has 0 spiro atoms. The van der Waals surface area contributed by atoms with Crippen LogP contribution in [-0.2, 0) is 13.1 Å². The molecule has 0 radical (unpaired) electrons. The van der Waals surface area contributed by atoms with Crippen LogP contribution in [0.5, 0.6) is 0 Å². The molecule has 1 aliphatic rings. The minimum atomic E-state index is 0.302. The van der Waals surface area contributed by atoms with Gasteiger partial charge in [0.05, 0.1) is 6.54 Å². The van der Waals surface area contributed by atoms with Crippen molar-refractivity contribution in [2.45, 2.75) is 33.0 Å². The van der Waals surface area contributed by atoms with Crippen molar-refractivity contribution in [3.63, 3.8) is 0 Å².